The van der Waals surface area contributed by atoms with Gasteiger partial charge in [-0.3, -0.25) is 4.98 Å². The monoisotopic (exact) mass is 340 g/mol. The molecule has 0 saturated heterocycles. The summed E-state index contributed by atoms with van der Waals surface area (Å²) in [5, 5.41) is 1.08. The molecule has 1 aliphatic rings. The van der Waals surface area contributed by atoms with Crippen LogP contribution in [0.25, 0.3) is 22.0 Å². The third-order valence-electron chi connectivity index (χ3n) is 5.04. The topological polar surface area (TPSA) is 16.1 Å². The molecule has 0 fully saturated rings. The Morgan fingerprint density at radius 3 is 2.65 bits per heavy atom. The molecule has 0 unspecified atom stereocenters. The molecule has 2 heterocycles. The van der Waals surface area contributed by atoms with Gasteiger partial charge in [-0.15, -0.1) is 0 Å². The number of para-hydroxylation sites is 1. The van der Waals surface area contributed by atoms with Crippen molar-refractivity contribution in [2.45, 2.75) is 13.5 Å². The van der Waals surface area contributed by atoms with E-state index in [4.69, 9.17) is 0 Å². The maximum Gasteiger partial charge on any atom is 0.133 e. The summed E-state index contributed by atoms with van der Waals surface area (Å²) in [6.07, 6.45) is 1.81. The van der Waals surface area contributed by atoms with Crippen molar-refractivity contribution in [3.8, 4) is 11.1 Å². The second kappa shape index (κ2) is 5.67. The van der Waals surface area contributed by atoms with Crippen LogP contribution in [0.4, 0.5) is 15.8 Å². The molecule has 0 N–H and O–H groups in total. The molecule has 0 radical (unpaired) electrons. The third kappa shape index (κ3) is 2.21. The second-order valence-corrected chi connectivity index (χ2v) is 6.73. The minimum Gasteiger partial charge on any atom is -0.335 e. The largest absolute Gasteiger partial charge is 0.335 e. The van der Waals surface area contributed by atoms with Gasteiger partial charge in [-0.1, -0.05) is 48.0 Å². The summed E-state index contributed by atoms with van der Waals surface area (Å²) < 4.78 is 14.8. The zero-order chi connectivity index (χ0) is 17.7. The average molecular weight is 340 g/mol. The molecule has 26 heavy (non-hydrogen) atoms. The number of hydrogen-bond acceptors (Lipinski definition) is 2. The predicted octanol–water partition coefficient (Wildman–Crippen LogP) is 6.00. The number of anilines is 2. The quantitative estimate of drug-likeness (QED) is 0.422. The Morgan fingerprint density at radius 1 is 0.923 bits per heavy atom. The number of aromatic nitrogens is 1. The molecule has 0 amide bonds. The summed E-state index contributed by atoms with van der Waals surface area (Å²) in [4.78, 5) is 6.77. The van der Waals surface area contributed by atoms with Crippen molar-refractivity contribution in [3.63, 3.8) is 0 Å². The Bertz CT molecular complexity index is 1140. The van der Waals surface area contributed by atoms with Gasteiger partial charge in [-0.25, -0.2) is 4.39 Å². The second-order valence-electron chi connectivity index (χ2n) is 6.73. The van der Waals surface area contributed by atoms with Gasteiger partial charge in [0.2, 0.25) is 0 Å². The highest BCUT2D eigenvalue weighted by molar-refractivity contribution is 5.96. The van der Waals surface area contributed by atoms with E-state index in [2.05, 4.69) is 41.1 Å². The average Bonchev–Trinajstić information content (AvgIpc) is 2.67. The number of aryl methyl sites for hydroxylation is 1. The molecule has 4 aromatic rings. The van der Waals surface area contributed by atoms with Crippen molar-refractivity contribution >= 4 is 22.3 Å². The zero-order valence-electron chi connectivity index (χ0n) is 14.4. The minimum atomic E-state index is -0.189. The summed E-state index contributed by atoms with van der Waals surface area (Å²) in [5.41, 5.74) is 6.79. The van der Waals surface area contributed by atoms with E-state index in [1.807, 2.05) is 30.3 Å². The molecule has 126 valence electrons. The van der Waals surface area contributed by atoms with Crippen LogP contribution in [-0.2, 0) is 6.54 Å². The third-order valence-corrected chi connectivity index (χ3v) is 5.04. The van der Waals surface area contributed by atoms with Gasteiger partial charge in [0, 0.05) is 23.7 Å². The highest BCUT2D eigenvalue weighted by Gasteiger charge is 2.26. The van der Waals surface area contributed by atoms with E-state index >= 15 is 0 Å². The highest BCUT2D eigenvalue weighted by atomic mass is 19.1. The summed E-state index contributed by atoms with van der Waals surface area (Å²) >= 11 is 0. The molecule has 0 saturated carbocycles. The van der Waals surface area contributed by atoms with Gasteiger partial charge < -0.3 is 4.90 Å². The number of pyridine rings is 1. The molecule has 0 aliphatic carbocycles. The van der Waals surface area contributed by atoms with Crippen LogP contribution >= 0.6 is 0 Å². The summed E-state index contributed by atoms with van der Waals surface area (Å²) in [5.74, 6) is -0.189. The van der Waals surface area contributed by atoms with E-state index in [0.717, 1.165) is 33.4 Å². The van der Waals surface area contributed by atoms with Crippen LogP contribution < -0.4 is 4.90 Å². The number of fused-ring (bicyclic) bond motifs is 4. The smallest absolute Gasteiger partial charge is 0.133 e. The van der Waals surface area contributed by atoms with Crippen LogP contribution in [0.1, 0.15) is 11.1 Å². The van der Waals surface area contributed by atoms with Crippen LogP contribution in [0.2, 0.25) is 0 Å². The van der Waals surface area contributed by atoms with Crippen molar-refractivity contribution in [1.82, 2.24) is 4.98 Å². The van der Waals surface area contributed by atoms with E-state index in [-0.39, 0.29) is 5.82 Å². The zero-order valence-corrected chi connectivity index (χ0v) is 14.4. The summed E-state index contributed by atoms with van der Waals surface area (Å²) in [7, 11) is 0. The van der Waals surface area contributed by atoms with E-state index in [1.165, 1.54) is 11.6 Å². The summed E-state index contributed by atoms with van der Waals surface area (Å²) in [6, 6.07) is 21.7. The molecular weight excluding hydrogens is 323 g/mol. The van der Waals surface area contributed by atoms with E-state index < -0.39 is 0 Å². The standard InChI is InChI=1S/C23H17FN2/c1-15-10-11-18-17(13-15)14-26(20-8-3-7-19(24)22(18)20)21-9-2-5-16-6-4-12-25-23(16)21/h2-13H,14H2,1H3. The first-order valence-corrected chi connectivity index (χ1v) is 8.72. The van der Waals surface area contributed by atoms with Crippen LogP contribution in [-0.4, -0.2) is 4.98 Å². The fourth-order valence-corrected chi connectivity index (χ4v) is 3.88. The Hall–Kier alpha value is -3.20. The Labute approximate surface area is 151 Å². The first-order valence-electron chi connectivity index (χ1n) is 8.72. The molecular formula is C23H17FN2. The van der Waals surface area contributed by atoms with E-state index in [1.54, 1.807) is 12.3 Å². The Morgan fingerprint density at radius 2 is 1.73 bits per heavy atom. The molecule has 0 bridgehead atoms. The van der Waals surface area contributed by atoms with Gasteiger partial charge >= 0.3 is 0 Å². The fourth-order valence-electron chi connectivity index (χ4n) is 3.88. The molecule has 2 nitrogen and oxygen atoms in total. The number of rotatable bonds is 1. The van der Waals surface area contributed by atoms with Gasteiger partial charge in [-0.2, -0.15) is 0 Å². The van der Waals surface area contributed by atoms with Crippen molar-refractivity contribution in [2.24, 2.45) is 0 Å². The van der Waals surface area contributed by atoms with Crippen molar-refractivity contribution in [1.29, 1.82) is 0 Å². The van der Waals surface area contributed by atoms with Crippen LogP contribution in [0.3, 0.4) is 0 Å². The number of benzene rings is 3. The lowest BCUT2D eigenvalue weighted by Gasteiger charge is -2.33. The lowest BCUT2D eigenvalue weighted by atomic mass is 9.91. The van der Waals surface area contributed by atoms with E-state index in [9.17, 15) is 4.39 Å². The Balaban J connectivity index is 1.80. The normalized spacial score (nSPS) is 12.8. The van der Waals surface area contributed by atoms with E-state index in [0.29, 0.717) is 12.1 Å². The lowest BCUT2D eigenvalue weighted by Crippen LogP contribution is -2.22. The number of hydrogen-bond donors (Lipinski definition) is 0. The van der Waals surface area contributed by atoms with Crippen LogP contribution in [0.5, 0.6) is 0 Å². The molecule has 1 aromatic heterocycles. The van der Waals surface area contributed by atoms with Gasteiger partial charge in [0.25, 0.3) is 0 Å². The van der Waals surface area contributed by atoms with Gasteiger partial charge in [-0.05, 0) is 42.3 Å². The predicted molar refractivity (Wildman–Crippen MR) is 104 cm³/mol. The summed E-state index contributed by atoms with van der Waals surface area (Å²) in [6.45, 7) is 2.77. The molecule has 1 aliphatic heterocycles. The van der Waals surface area contributed by atoms with Crippen LogP contribution in [0.15, 0.2) is 72.9 Å². The molecule has 0 atom stereocenters. The Kier molecular flexibility index (Phi) is 3.29. The van der Waals surface area contributed by atoms with Crippen LogP contribution in [0, 0.1) is 12.7 Å². The minimum absolute atomic E-state index is 0.189. The first-order chi connectivity index (χ1) is 12.7. The molecule has 3 aromatic carbocycles. The number of nitrogens with zero attached hydrogens (tertiary/aromatic N) is 2. The van der Waals surface area contributed by atoms with Gasteiger partial charge in [0.15, 0.2) is 0 Å². The maximum absolute atomic E-state index is 14.8. The van der Waals surface area contributed by atoms with Gasteiger partial charge in [0.05, 0.1) is 16.9 Å². The van der Waals surface area contributed by atoms with Gasteiger partial charge in [0.1, 0.15) is 5.82 Å². The molecule has 3 heteroatoms. The first kappa shape index (κ1) is 15.1. The molecule has 5 rings (SSSR count). The van der Waals surface area contributed by atoms with Crippen molar-refractivity contribution in [2.75, 3.05) is 4.90 Å². The number of halogens is 1. The SMILES string of the molecule is Cc1ccc2c(c1)CN(c1cccc3cccnc13)c1cccc(F)c1-2. The maximum atomic E-state index is 14.8. The molecule has 0 spiro atoms. The fraction of sp³-hybridized carbons (Fsp3) is 0.0870. The van der Waals surface area contributed by atoms with Crippen molar-refractivity contribution in [3.05, 3.63) is 89.9 Å². The highest BCUT2D eigenvalue weighted by Crippen LogP contribution is 2.45. The van der Waals surface area contributed by atoms with Crippen molar-refractivity contribution < 1.29 is 4.39 Å². The lowest BCUT2D eigenvalue weighted by molar-refractivity contribution is 0.629.